The number of amides is 1. The van der Waals surface area contributed by atoms with Crippen molar-refractivity contribution < 1.29 is 9.53 Å². The molecule has 1 aliphatic heterocycles. The van der Waals surface area contributed by atoms with Gasteiger partial charge >= 0.3 is 0 Å². The summed E-state index contributed by atoms with van der Waals surface area (Å²) in [6.07, 6.45) is 10.0. The summed E-state index contributed by atoms with van der Waals surface area (Å²) in [7, 11) is 0. The maximum atomic E-state index is 13.4. The monoisotopic (exact) mass is 476 g/mol. The van der Waals surface area contributed by atoms with Gasteiger partial charge in [-0.2, -0.15) is 0 Å². The van der Waals surface area contributed by atoms with Crippen LogP contribution in [-0.2, 0) is 22.1 Å². The highest BCUT2D eigenvalue weighted by Gasteiger charge is 2.40. The van der Waals surface area contributed by atoms with Crippen LogP contribution < -0.4 is 5.32 Å². The molecule has 0 bridgehead atoms. The first-order chi connectivity index (χ1) is 16.6. The van der Waals surface area contributed by atoms with Crippen LogP contribution in [0.5, 0.6) is 0 Å². The predicted octanol–water partition coefficient (Wildman–Crippen LogP) is 6.91. The van der Waals surface area contributed by atoms with Crippen molar-refractivity contribution >= 4 is 5.91 Å². The molecular formula is C31H44N2O2. The second kappa shape index (κ2) is 9.42. The van der Waals surface area contributed by atoms with Gasteiger partial charge in [0.2, 0.25) is 0 Å². The number of hydrogen-bond acceptors (Lipinski definition) is 2. The summed E-state index contributed by atoms with van der Waals surface area (Å²) in [5, 5.41) is 3.24. The molecule has 4 nitrogen and oxygen atoms in total. The number of carbonyl (C=O) groups excluding carboxylic acids is 1. The Morgan fingerprint density at radius 2 is 1.83 bits per heavy atom. The average Bonchev–Trinajstić information content (AvgIpc) is 3.22. The predicted molar refractivity (Wildman–Crippen MR) is 143 cm³/mol. The number of rotatable bonds is 6. The van der Waals surface area contributed by atoms with Crippen LogP contribution in [0.25, 0.3) is 11.3 Å². The second-order valence-electron chi connectivity index (χ2n) is 12.8. The molecule has 1 aromatic carbocycles. The topological polar surface area (TPSA) is 43.3 Å². The normalized spacial score (nSPS) is 22.4. The highest BCUT2D eigenvalue weighted by atomic mass is 16.5. The maximum absolute atomic E-state index is 13.4. The van der Waals surface area contributed by atoms with Crippen LogP contribution in [0, 0.1) is 12.8 Å². The minimum absolute atomic E-state index is 0.0444. The lowest BCUT2D eigenvalue weighted by Crippen LogP contribution is -2.35. The molecule has 2 heterocycles. The van der Waals surface area contributed by atoms with Gasteiger partial charge < -0.3 is 14.6 Å². The molecule has 190 valence electrons. The van der Waals surface area contributed by atoms with Crippen LogP contribution in [0.4, 0.5) is 0 Å². The van der Waals surface area contributed by atoms with Crippen LogP contribution >= 0.6 is 0 Å². The Kier molecular flexibility index (Phi) is 6.63. The zero-order valence-electron chi connectivity index (χ0n) is 22.5. The van der Waals surface area contributed by atoms with Crippen molar-refractivity contribution in [2.24, 2.45) is 5.92 Å². The lowest BCUT2D eigenvalue weighted by atomic mass is 9.82. The SMILES string of the molecule is Cc1c(C(=O)NC2CCOC2)cc(-c2cc(C(C)(C)C)cc(C3(C)CC3)c2)n1CC1CCCCC1. The zero-order chi connectivity index (χ0) is 24.8. The molecule has 4 heteroatoms. The number of hydrogen-bond donors (Lipinski definition) is 1. The maximum Gasteiger partial charge on any atom is 0.253 e. The van der Waals surface area contributed by atoms with Crippen molar-refractivity contribution in [3.8, 4) is 11.3 Å². The summed E-state index contributed by atoms with van der Waals surface area (Å²) in [5.41, 5.74) is 7.61. The third kappa shape index (κ3) is 5.23. The molecule has 2 aliphatic carbocycles. The van der Waals surface area contributed by atoms with Crippen molar-refractivity contribution in [2.75, 3.05) is 13.2 Å². The van der Waals surface area contributed by atoms with E-state index in [0.29, 0.717) is 17.9 Å². The smallest absolute Gasteiger partial charge is 0.253 e. The Bertz CT molecular complexity index is 1050. The van der Waals surface area contributed by atoms with Gasteiger partial charge in [0.15, 0.2) is 0 Å². The first-order valence-corrected chi connectivity index (χ1v) is 13.9. The van der Waals surface area contributed by atoms with E-state index in [2.05, 4.69) is 68.8 Å². The Labute approximate surface area is 211 Å². The number of nitrogens with zero attached hydrogens (tertiary/aromatic N) is 1. The van der Waals surface area contributed by atoms with Gasteiger partial charge in [0.1, 0.15) is 0 Å². The summed E-state index contributed by atoms with van der Waals surface area (Å²) in [6, 6.07) is 9.53. The third-order valence-corrected chi connectivity index (χ3v) is 8.83. The van der Waals surface area contributed by atoms with Gasteiger partial charge in [-0.05, 0) is 90.7 Å². The number of nitrogens with one attached hydrogen (secondary N) is 1. The molecule has 3 fully saturated rings. The Balaban J connectivity index is 1.58. The molecule has 1 aromatic heterocycles. The van der Waals surface area contributed by atoms with Gasteiger partial charge in [-0.3, -0.25) is 4.79 Å². The molecule has 1 N–H and O–H groups in total. The third-order valence-electron chi connectivity index (χ3n) is 8.83. The highest BCUT2D eigenvalue weighted by molar-refractivity contribution is 5.97. The Morgan fingerprint density at radius 3 is 2.46 bits per heavy atom. The van der Waals surface area contributed by atoms with Gasteiger partial charge in [0.25, 0.3) is 5.91 Å². The number of benzene rings is 1. The Morgan fingerprint density at radius 1 is 1.09 bits per heavy atom. The summed E-state index contributed by atoms with van der Waals surface area (Å²) in [5.74, 6) is 0.738. The minimum Gasteiger partial charge on any atom is -0.379 e. The second-order valence-corrected chi connectivity index (χ2v) is 12.8. The molecular weight excluding hydrogens is 432 g/mol. The fraction of sp³-hybridized carbons (Fsp3) is 0.645. The quantitative estimate of drug-likeness (QED) is 0.492. The standard InChI is InChI=1S/C31H44N2O2/c1-21-27(29(34)32-26-11-14-35-20-26)18-28(33(21)19-22-9-7-6-8-10-22)23-15-24(30(2,3)4)17-25(16-23)31(5)12-13-31/h15-18,22,26H,6-14,19-20H2,1-5H3,(H,32,34). The molecule has 5 rings (SSSR count). The van der Waals surface area contributed by atoms with Crippen molar-refractivity contribution in [3.05, 3.63) is 46.6 Å². The van der Waals surface area contributed by atoms with Crippen LogP contribution in [0.3, 0.4) is 0 Å². The van der Waals surface area contributed by atoms with E-state index in [1.165, 1.54) is 67.3 Å². The first kappa shape index (κ1) is 24.6. The van der Waals surface area contributed by atoms with E-state index in [1.54, 1.807) is 0 Å². The average molecular weight is 477 g/mol. The molecule has 1 amide bonds. The van der Waals surface area contributed by atoms with E-state index in [-0.39, 0.29) is 17.4 Å². The molecule has 35 heavy (non-hydrogen) atoms. The molecule has 1 atom stereocenters. The van der Waals surface area contributed by atoms with E-state index < -0.39 is 0 Å². The molecule has 1 unspecified atom stereocenters. The summed E-state index contributed by atoms with van der Waals surface area (Å²) in [4.78, 5) is 13.4. The molecule has 0 radical (unpaired) electrons. The molecule has 2 saturated carbocycles. The van der Waals surface area contributed by atoms with E-state index in [0.717, 1.165) is 30.8 Å². The fourth-order valence-corrected chi connectivity index (χ4v) is 5.92. The lowest BCUT2D eigenvalue weighted by Gasteiger charge is -2.26. The summed E-state index contributed by atoms with van der Waals surface area (Å²) in [6.45, 7) is 13.8. The van der Waals surface area contributed by atoms with Crippen molar-refractivity contribution in [1.82, 2.24) is 9.88 Å². The first-order valence-electron chi connectivity index (χ1n) is 13.9. The van der Waals surface area contributed by atoms with Crippen LogP contribution in [-0.4, -0.2) is 29.7 Å². The fourth-order valence-electron chi connectivity index (χ4n) is 5.92. The summed E-state index contributed by atoms with van der Waals surface area (Å²) < 4.78 is 7.97. The van der Waals surface area contributed by atoms with E-state index >= 15 is 0 Å². The molecule has 3 aliphatic rings. The largest absolute Gasteiger partial charge is 0.379 e. The van der Waals surface area contributed by atoms with E-state index in [4.69, 9.17) is 4.74 Å². The van der Waals surface area contributed by atoms with Crippen molar-refractivity contribution in [1.29, 1.82) is 0 Å². The van der Waals surface area contributed by atoms with Crippen LogP contribution in [0.1, 0.15) is 106 Å². The minimum atomic E-state index is 0.0444. The highest BCUT2D eigenvalue weighted by Crippen LogP contribution is 2.49. The zero-order valence-corrected chi connectivity index (χ0v) is 22.5. The van der Waals surface area contributed by atoms with Crippen molar-refractivity contribution in [3.63, 3.8) is 0 Å². The molecule has 1 saturated heterocycles. The van der Waals surface area contributed by atoms with Gasteiger partial charge in [-0.25, -0.2) is 0 Å². The van der Waals surface area contributed by atoms with Crippen LogP contribution in [0.2, 0.25) is 0 Å². The lowest BCUT2D eigenvalue weighted by molar-refractivity contribution is 0.0929. The van der Waals surface area contributed by atoms with Crippen LogP contribution in [0.15, 0.2) is 24.3 Å². The number of carbonyl (C=O) groups is 1. The molecule has 2 aromatic rings. The number of ether oxygens (including phenoxy) is 1. The molecule has 0 spiro atoms. The Hall–Kier alpha value is -2.07. The summed E-state index contributed by atoms with van der Waals surface area (Å²) >= 11 is 0. The van der Waals surface area contributed by atoms with Gasteiger partial charge in [-0.1, -0.05) is 53.0 Å². The van der Waals surface area contributed by atoms with E-state index in [9.17, 15) is 4.79 Å². The number of aromatic nitrogens is 1. The van der Waals surface area contributed by atoms with Gasteiger partial charge in [0.05, 0.1) is 18.2 Å². The van der Waals surface area contributed by atoms with E-state index in [1.807, 2.05) is 0 Å². The van der Waals surface area contributed by atoms with Gasteiger partial charge in [-0.15, -0.1) is 0 Å². The van der Waals surface area contributed by atoms with Gasteiger partial charge in [0, 0.05) is 24.5 Å². The van der Waals surface area contributed by atoms with Crippen molar-refractivity contribution in [2.45, 2.75) is 109 Å².